The van der Waals surface area contributed by atoms with Gasteiger partial charge in [-0.05, 0) is 19.8 Å². The van der Waals surface area contributed by atoms with Gasteiger partial charge in [-0.3, -0.25) is 9.59 Å². The quantitative estimate of drug-likeness (QED) is 0.549. The number of nitrogens with zero attached hydrogens (tertiary/aromatic N) is 1. The molecule has 0 saturated carbocycles. The highest BCUT2D eigenvalue weighted by atomic mass is 32.2. The summed E-state index contributed by atoms with van der Waals surface area (Å²) in [4.78, 5) is 25.0. The van der Waals surface area contributed by atoms with E-state index >= 15 is 0 Å². The van der Waals surface area contributed by atoms with Gasteiger partial charge in [0.05, 0.1) is 18.8 Å². The molecule has 0 radical (unpaired) electrons. The van der Waals surface area contributed by atoms with Gasteiger partial charge < -0.3 is 9.64 Å². The Labute approximate surface area is 113 Å². The molecule has 1 aliphatic rings. The van der Waals surface area contributed by atoms with E-state index in [1.165, 1.54) is 24.6 Å². The average molecular weight is 273 g/mol. The Morgan fingerprint density at radius 2 is 1.83 bits per heavy atom. The monoisotopic (exact) mass is 273 g/mol. The summed E-state index contributed by atoms with van der Waals surface area (Å²) in [6.07, 6.45) is 5.11. The van der Waals surface area contributed by atoms with Crippen LogP contribution in [0.3, 0.4) is 0 Å². The summed E-state index contributed by atoms with van der Waals surface area (Å²) in [5, 5.41) is 0. The lowest BCUT2D eigenvalue weighted by Crippen LogP contribution is -2.33. The predicted molar refractivity (Wildman–Crippen MR) is 73.6 cm³/mol. The molecule has 0 bridgehead atoms. The summed E-state index contributed by atoms with van der Waals surface area (Å²) < 4.78 is 4.83. The second kappa shape index (κ2) is 9.25. The fourth-order valence-corrected chi connectivity index (χ4v) is 2.77. The van der Waals surface area contributed by atoms with Crippen molar-refractivity contribution in [3.63, 3.8) is 0 Å². The molecule has 4 nitrogen and oxygen atoms in total. The summed E-state index contributed by atoms with van der Waals surface area (Å²) in [6.45, 7) is 4.03. The van der Waals surface area contributed by atoms with Crippen molar-refractivity contribution >= 4 is 23.6 Å². The Morgan fingerprint density at radius 1 is 1.17 bits per heavy atom. The number of ether oxygens (including phenoxy) is 1. The number of carbonyl (C=O) groups excluding carboxylic acids is 2. The highest BCUT2D eigenvalue weighted by Gasteiger charge is 2.15. The summed E-state index contributed by atoms with van der Waals surface area (Å²) in [6, 6.07) is 0. The zero-order chi connectivity index (χ0) is 13.2. The maximum absolute atomic E-state index is 11.9. The van der Waals surface area contributed by atoms with Crippen molar-refractivity contribution in [2.24, 2.45) is 0 Å². The van der Waals surface area contributed by atoms with Crippen LogP contribution in [0.25, 0.3) is 0 Å². The van der Waals surface area contributed by atoms with E-state index in [1.54, 1.807) is 6.92 Å². The molecule has 0 aromatic heterocycles. The van der Waals surface area contributed by atoms with Gasteiger partial charge in [0.1, 0.15) is 0 Å². The van der Waals surface area contributed by atoms with Gasteiger partial charge in [0.2, 0.25) is 5.91 Å². The van der Waals surface area contributed by atoms with Crippen LogP contribution in [-0.4, -0.2) is 48.0 Å². The SMILES string of the molecule is CCOC(=O)CCSCC(=O)N1CCCCCC1. The molecule has 104 valence electrons. The first-order chi connectivity index (χ1) is 8.74. The average Bonchev–Trinajstić information content (AvgIpc) is 2.63. The van der Waals surface area contributed by atoms with E-state index in [4.69, 9.17) is 4.74 Å². The summed E-state index contributed by atoms with van der Waals surface area (Å²) in [5.41, 5.74) is 0. The number of hydrogen-bond donors (Lipinski definition) is 0. The first-order valence-corrected chi connectivity index (χ1v) is 7.90. The van der Waals surface area contributed by atoms with Crippen molar-refractivity contribution in [2.75, 3.05) is 31.2 Å². The largest absolute Gasteiger partial charge is 0.466 e. The van der Waals surface area contributed by atoms with E-state index < -0.39 is 0 Å². The molecular formula is C13H23NO3S. The summed E-state index contributed by atoms with van der Waals surface area (Å²) in [5.74, 6) is 1.19. The number of thioether (sulfide) groups is 1. The minimum atomic E-state index is -0.174. The van der Waals surface area contributed by atoms with Gasteiger partial charge >= 0.3 is 5.97 Å². The van der Waals surface area contributed by atoms with Crippen LogP contribution in [0.2, 0.25) is 0 Å². The number of likely N-dealkylation sites (tertiary alicyclic amines) is 1. The van der Waals surface area contributed by atoms with Crippen LogP contribution in [-0.2, 0) is 14.3 Å². The van der Waals surface area contributed by atoms with Gasteiger partial charge in [-0.25, -0.2) is 0 Å². The minimum absolute atomic E-state index is 0.174. The Balaban J connectivity index is 2.10. The normalized spacial score (nSPS) is 16.2. The molecular weight excluding hydrogens is 250 g/mol. The molecule has 0 aliphatic carbocycles. The maximum atomic E-state index is 11.9. The smallest absolute Gasteiger partial charge is 0.306 e. The molecule has 0 aromatic carbocycles. The zero-order valence-corrected chi connectivity index (χ0v) is 12.0. The molecule has 1 rings (SSSR count). The van der Waals surface area contributed by atoms with Gasteiger partial charge in [-0.2, -0.15) is 11.8 Å². The molecule has 0 spiro atoms. The Kier molecular flexibility index (Phi) is 7.89. The zero-order valence-electron chi connectivity index (χ0n) is 11.2. The van der Waals surface area contributed by atoms with Crippen LogP contribution in [0, 0.1) is 0 Å². The van der Waals surface area contributed by atoms with Crippen molar-refractivity contribution in [1.29, 1.82) is 0 Å². The van der Waals surface area contributed by atoms with Gasteiger partial charge in [-0.15, -0.1) is 0 Å². The van der Waals surface area contributed by atoms with Gasteiger partial charge in [0.15, 0.2) is 0 Å². The van der Waals surface area contributed by atoms with Gasteiger partial charge in [0, 0.05) is 18.8 Å². The fourth-order valence-electron chi connectivity index (χ4n) is 1.96. The molecule has 5 heteroatoms. The molecule has 18 heavy (non-hydrogen) atoms. The van der Waals surface area contributed by atoms with Crippen LogP contribution in [0.5, 0.6) is 0 Å². The molecule has 1 heterocycles. The van der Waals surface area contributed by atoms with E-state index in [1.807, 2.05) is 4.90 Å². The third-order valence-electron chi connectivity index (χ3n) is 2.94. The molecule has 1 amide bonds. The van der Waals surface area contributed by atoms with Crippen LogP contribution >= 0.6 is 11.8 Å². The second-order valence-corrected chi connectivity index (χ2v) is 5.51. The van der Waals surface area contributed by atoms with Crippen molar-refractivity contribution < 1.29 is 14.3 Å². The lowest BCUT2D eigenvalue weighted by atomic mass is 10.2. The fraction of sp³-hybridized carbons (Fsp3) is 0.846. The molecule has 0 unspecified atom stereocenters. The van der Waals surface area contributed by atoms with Crippen LogP contribution < -0.4 is 0 Å². The van der Waals surface area contributed by atoms with Crippen LogP contribution in [0.15, 0.2) is 0 Å². The molecule has 1 aliphatic heterocycles. The summed E-state index contributed by atoms with van der Waals surface area (Å²) in [7, 11) is 0. The van der Waals surface area contributed by atoms with Crippen molar-refractivity contribution in [1.82, 2.24) is 4.90 Å². The Bertz CT molecular complexity index is 263. The number of carbonyl (C=O) groups is 2. The van der Waals surface area contributed by atoms with Crippen LogP contribution in [0.4, 0.5) is 0 Å². The first kappa shape index (κ1) is 15.3. The van der Waals surface area contributed by atoms with Crippen molar-refractivity contribution in [2.45, 2.75) is 39.0 Å². The van der Waals surface area contributed by atoms with Gasteiger partial charge in [-0.1, -0.05) is 12.8 Å². The standard InChI is InChI=1S/C13H23NO3S/c1-2-17-13(16)7-10-18-11-12(15)14-8-5-3-4-6-9-14/h2-11H2,1H3. The second-order valence-electron chi connectivity index (χ2n) is 4.40. The lowest BCUT2D eigenvalue weighted by Gasteiger charge is -2.19. The van der Waals surface area contributed by atoms with E-state index in [-0.39, 0.29) is 11.9 Å². The number of hydrogen-bond acceptors (Lipinski definition) is 4. The van der Waals surface area contributed by atoms with E-state index in [0.717, 1.165) is 25.9 Å². The van der Waals surface area contributed by atoms with E-state index in [2.05, 4.69) is 0 Å². The van der Waals surface area contributed by atoms with Crippen molar-refractivity contribution in [3.8, 4) is 0 Å². The van der Waals surface area contributed by atoms with Crippen molar-refractivity contribution in [3.05, 3.63) is 0 Å². The number of esters is 1. The predicted octanol–water partition coefficient (Wildman–Crippen LogP) is 2.08. The molecule has 0 aromatic rings. The maximum Gasteiger partial charge on any atom is 0.306 e. The minimum Gasteiger partial charge on any atom is -0.466 e. The number of rotatable bonds is 6. The first-order valence-electron chi connectivity index (χ1n) is 6.75. The van der Waals surface area contributed by atoms with E-state index in [9.17, 15) is 9.59 Å². The highest BCUT2D eigenvalue weighted by molar-refractivity contribution is 7.99. The molecule has 0 atom stereocenters. The Morgan fingerprint density at radius 3 is 2.44 bits per heavy atom. The third-order valence-corrected chi connectivity index (χ3v) is 3.88. The van der Waals surface area contributed by atoms with Gasteiger partial charge in [0.25, 0.3) is 0 Å². The third kappa shape index (κ3) is 6.28. The topological polar surface area (TPSA) is 46.6 Å². The van der Waals surface area contributed by atoms with E-state index in [0.29, 0.717) is 24.5 Å². The lowest BCUT2D eigenvalue weighted by molar-refractivity contribution is -0.142. The molecule has 1 fully saturated rings. The number of amides is 1. The summed E-state index contributed by atoms with van der Waals surface area (Å²) >= 11 is 1.52. The van der Waals surface area contributed by atoms with Crippen LogP contribution in [0.1, 0.15) is 39.0 Å². The molecule has 0 N–H and O–H groups in total. The molecule has 1 saturated heterocycles. The Hall–Kier alpha value is -0.710. The highest BCUT2D eigenvalue weighted by Crippen LogP contribution is 2.12.